The Morgan fingerprint density at radius 3 is 1.30 bits per heavy atom. The van der Waals surface area contributed by atoms with Crippen molar-refractivity contribution in [1.82, 2.24) is 5.32 Å². The Bertz CT molecular complexity index is 1520. The molecule has 9 heteroatoms. The van der Waals surface area contributed by atoms with Gasteiger partial charge in [-0.25, -0.2) is 4.57 Å². The first kappa shape index (κ1) is 68.2. The summed E-state index contributed by atoms with van der Waals surface area (Å²) in [7, 11) is 1.54. The van der Waals surface area contributed by atoms with Crippen molar-refractivity contribution < 1.29 is 32.9 Å². The predicted octanol–water partition coefficient (Wildman–Crippen LogP) is 17.6. The van der Waals surface area contributed by atoms with Gasteiger partial charge in [0.25, 0.3) is 0 Å². The molecule has 408 valence electrons. The fourth-order valence-corrected chi connectivity index (χ4v) is 8.46. The van der Waals surface area contributed by atoms with Crippen molar-refractivity contribution in [2.24, 2.45) is 0 Å². The Hall–Kier alpha value is -2.84. The maximum atomic E-state index is 13.0. The number of amides is 1. The van der Waals surface area contributed by atoms with Gasteiger partial charge in [0.05, 0.1) is 39.9 Å². The summed E-state index contributed by atoms with van der Waals surface area (Å²) < 4.78 is 23.6. The lowest BCUT2D eigenvalue weighted by Gasteiger charge is -2.25. The van der Waals surface area contributed by atoms with Gasteiger partial charge in [-0.05, 0) is 96.3 Å². The minimum absolute atomic E-state index is 0.0497. The standard InChI is InChI=1S/C62H109N2O6P/c1-6-8-10-12-14-16-18-20-22-23-24-25-26-27-28-29-30-31-32-33-34-35-36-37-38-39-40-41-42-44-46-48-50-52-54-56-62(66)63-60(59-70-71(67,68)69-58-57-64(3,4)5)61(65)55-53-51-49-47-45-43-21-19-17-15-13-11-9-7-2/h8,10,14,16-17,19-20,22,24-25,27-28,30-31,45,47,53,55,60-61,65H,6-7,9,11-13,15,18,21,23,26,29,32-44,46,48-52,54,56-59H2,1-5H3,(H-,63,66,67,68)/p+1/b10-8-,16-14-,19-17+,22-20-,25-24-,28-27-,31-30-,47-45+,55-53+. The van der Waals surface area contributed by atoms with Crippen LogP contribution in [0.4, 0.5) is 0 Å². The maximum Gasteiger partial charge on any atom is 0.472 e. The first-order valence-corrected chi connectivity index (χ1v) is 30.3. The van der Waals surface area contributed by atoms with Crippen LogP contribution in [0.15, 0.2) is 109 Å². The van der Waals surface area contributed by atoms with E-state index in [-0.39, 0.29) is 19.1 Å². The number of aliphatic hydroxyl groups is 1. The number of likely N-dealkylation sites (N-methyl/N-ethyl adjacent to an activating group) is 1. The van der Waals surface area contributed by atoms with E-state index < -0.39 is 20.0 Å². The Kier molecular flexibility index (Phi) is 50.0. The quantitative estimate of drug-likeness (QED) is 0.0243. The molecular formula is C62H110N2O6P+. The number of phosphoric acid groups is 1. The van der Waals surface area contributed by atoms with Crippen LogP contribution in [0.3, 0.4) is 0 Å². The normalized spacial score (nSPS) is 14.7. The molecule has 0 fully saturated rings. The number of unbranched alkanes of at least 4 members (excludes halogenated alkanes) is 22. The molecule has 0 saturated carbocycles. The number of nitrogens with zero attached hydrogens (tertiary/aromatic N) is 1. The monoisotopic (exact) mass is 1010 g/mol. The summed E-state index contributed by atoms with van der Waals surface area (Å²) in [6, 6.07) is -0.874. The van der Waals surface area contributed by atoms with Crippen molar-refractivity contribution in [1.29, 1.82) is 0 Å². The first-order chi connectivity index (χ1) is 34.5. The van der Waals surface area contributed by atoms with E-state index in [1.54, 1.807) is 6.08 Å². The van der Waals surface area contributed by atoms with E-state index in [1.165, 1.54) is 122 Å². The molecule has 3 N–H and O–H groups in total. The zero-order valence-corrected chi connectivity index (χ0v) is 47.3. The molecule has 8 nitrogen and oxygen atoms in total. The number of quaternary nitrogens is 1. The van der Waals surface area contributed by atoms with E-state index in [0.717, 1.165) is 83.5 Å². The van der Waals surface area contributed by atoms with Gasteiger partial charge in [0.2, 0.25) is 5.91 Å². The lowest BCUT2D eigenvalue weighted by molar-refractivity contribution is -0.870. The van der Waals surface area contributed by atoms with Gasteiger partial charge in [-0.15, -0.1) is 0 Å². The van der Waals surface area contributed by atoms with E-state index in [9.17, 15) is 19.4 Å². The summed E-state index contributed by atoms with van der Waals surface area (Å²) in [5.41, 5.74) is 0. The number of rotatable bonds is 51. The Labute approximate surface area is 438 Å². The zero-order valence-electron chi connectivity index (χ0n) is 46.4. The van der Waals surface area contributed by atoms with Crippen LogP contribution in [0.1, 0.15) is 226 Å². The molecule has 3 unspecified atom stereocenters. The van der Waals surface area contributed by atoms with Crippen molar-refractivity contribution in [2.75, 3.05) is 40.9 Å². The molecule has 0 aromatic rings. The van der Waals surface area contributed by atoms with Gasteiger partial charge in [0, 0.05) is 6.42 Å². The molecule has 0 aliphatic carbocycles. The lowest BCUT2D eigenvalue weighted by Crippen LogP contribution is -2.45. The van der Waals surface area contributed by atoms with Crippen molar-refractivity contribution in [3.05, 3.63) is 109 Å². The number of aliphatic hydroxyl groups excluding tert-OH is 1. The fraction of sp³-hybridized carbons (Fsp3) is 0.694. The van der Waals surface area contributed by atoms with Crippen LogP contribution in [0.25, 0.3) is 0 Å². The molecule has 0 radical (unpaired) electrons. The molecule has 3 atom stereocenters. The molecule has 0 bridgehead atoms. The highest BCUT2D eigenvalue weighted by molar-refractivity contribution is 7.47. The summed E-state index contributed by atoms with van der Waals surface area (Å²) in [6.07, 6.45) is 76.3. The molecule has 0 heterocycles. The Balaban J connectivity index is 4.09. The topological polar surface area (TPSA) is 105 Å². The van der Waals surface area contributed by atoms with E-state index >= 15 is 0 Å². The van der Waals surface area contributed by atoms with E-state index in [0.29, 0.717) is 17.4 Å². The first-order valence-electron chi connectivity index (χ1n) is 28.8. The van der Waals surface area contributed by atoms with Gasteiger partial charge in [-0.1, -0.05) is 232 Å². The molecular weight excluding hydrogens is 900 g/mol. The highest BCUT2D eigenvalue weighted by Gasteiger charge is 2.27. The van der Waals surface area contributed by atoms with E-state index in [1.807, 2.05) is 27.2 Å². The molecule has 0 aliphatic rings. The van der Waals surface area contributed by atoms with Crippen molar-refractivity contribution in [3.63, 3.8) is 0 Å². The van der Waals surface area contributed by atoms with Gasteiger partial charge < -0.3 is 19.8 Å². The van der Waals surface area contributed by atoms with Crippen molar-refractivity contribution in [2.45, 2.75) is 238 Å². The molecule has 0 aliphatic heterocycles. The van der Waals surface area contributed by atoms with Crippen LogP contribution in [-0.2, 0) is 18.4 Å². The third kappa shape index (κ3) is 54.8. The molecule has 0 rings (SSSR count). The lowest BCUT2D eigenvalue weighted by atomic mass is 10.0. The third-order valence-electron chi connectivity index (χ3n) is 12.2. The van der Waals surface area contributed by atoms with Crippen molar-refractivity contribution in [3.8, 4) is 0 Å². The van der Waals surface area contributed by atoms with Gasteiger partial charge in [0.1, 0.15) is 13.2 Å². The number of nitrogens with one attached hydrogen (secondary N) is 1. The second-order valence-corrected chi connectivity index (χ2v) is 21.7. The minimum Gasteiger partial charge on any atom is -0.387 e. The largest absolute Gasteiger partial charge is 0.472 e. The maximum absolute atomic E-state index is 13.0. The number of phosphoric ester groups is 1. The molecule has 1 amide bonds. The average Bonchev–Trinajstić information content (AvgIpc) is 3.33. The number of carbonyl (C=O) groups is 1. The van der Waals surface area contributed by atoms with Gasteiger partial charge in [0.15, 0.2) is 0 Å². The van der Waals surface area contributed by atoms with Crippen LogP contribution in [-0.4, -0.2) is 73.4 Å². The SMILES string of the molecule is CC/C=C\C/C=C\C/C=C\C/C=C\C/C=C\C/C=C\CCCCCCCCCCCCCCCCCCC(=O)NC(COP(=O)(O)OCC[N+](C)(C)C)C(O)/C=C/CC/C=C/CC/C=C/CCCCCC. The average molecular weight is 1010 g/mol. The van der Waals surface area contributed by atoms with Crippen LogP contribution in [0.5, 0.6) is 0 Å². The zero-order chi connectivity index (χ0) is 52.0. The van der Waals surface area contributed by atoms with E-state index in [2.05, 4.69) is 116 Å². The summed E-state index contributed by atoms with van der Waals surface area (Å²) in [6.45, 7) is 4.64. The number of carbonyl (C=O) groups excluding carboxylic acids is 1. The predicted molar refractivity (Wildman–Crippen MR) is 309 cm³/mol. The highest BCUT2D eigenvalue weighted by atomic mass is 31.2. The van der Waals surface area contributed by atoms with Gasteiger partial charge >= 0.3 is 7.82 Å². The number of hydrogen-bond donors (Lipinski definition) is 3. The number of hydrogen-bond acceptors (Lipinski definition) is 5. The second kappa shape index (κ2) is 52.0. The molecule has 71 heavy (non-hydrogen) atoms. The molecule has 0 aromatic heterocycles. The third-order valence-corrected chi connectivity index (χ3v) is 13.2. The Morgan fingerprint density at radius 2 is 0.859 bits per heavy atom. The molecule has 0 saturated heterocycles. The van der Waals surface area contributed by atoms with Gasteiger partial charge in [-0.2, -0.15) is 0 Å². The van der Waals surface area contributed by atoms with Gasteiger partial charge in [-0.3, -0.25) is 13.8 Å². The fourth-order valence-electron chi connectivity index (χ4n) is 7.72. The van der Waals surface area contributed by atoms with E-state index in [4.69, 9.17) is 9.05 Å². The minimum atomic E-state index is -4.36. The Morgan fingerprint density at radius 1 is 0.493 bits per heavy atom. The summed E-state index contributed by atoms with van der Waals surface area (Å²) in [5.74, 6) is -0.195. The van der Waals surface area contributed by atoms with Crippen LogP contribution in [0, 0.1) is 0 Å². The highest BCUT2D eigenvalue weighted by Crippen LogP contribution is 2.43. The number of allylic oxidation sites excluding steroid dienone is 17. The smallest absolute Gasteiger partial charge is 0.387 e. The molecule has 0 spiro atoms. The van der Waals surface area contributed by atoms with Crippen LogP contribution < -0.4 is 5.32 Å². The second-order valence-electron chi connectivity index (χ2n) is 20.3. The van der Waals surface area contributed by atoms with Crippen LogP contribution in [0.2, 0.25) is 0 Å². The summed E-state index contributed by atoms with van der Waals surface area (Å²) in [4.78, 5) is 23.2. The van der Waals surface area contributed by atoms with Crippen LogP contribution >= 0.6 is 7.82 Å². The molecule has 0 aromatic carbocycles. The summed E-state index contributed by atoms with van der Waals surface area (Å²) >= 11 is 0. The summed E-state index contributed by atoms with van der Waals surface area (Å²) in [5, 5.41) is 13.9. The van der Waals surface area contributed by atoms with Crippen molar-refractivity contribution >= 4 is 13.7 Å².